The number of rotatable bonds is 1. The van der Waals surface area contributed by atoms with Crippen molar-refractivity contribution in [3.8, 4) is 11.8 Å². The fraction of sp³-hybridized carbons (Fsp3) is 0.273. The standard InChI is InChI=1S/C11H9BrF3N/c12-6-2-1-3-8-4-5-10(16)9(7-8)11(13,14)15/h4-5,7H,2,6,16H2. The van der Waals surface area contributed by atoms with E-state index in [-0.39, 0.29) is 5.69 Å². The highest BCUT2D eigenvalue weighted by Gasteiger charge is 2.32. The van der Waals surface area contributed by atoms with Crippen LogP contribution in [0.2, 0.25) is 0 Å². The molecule has 0 spiro atoms. The van der Waals surface area contributed by atoms with E-state index in [1.807, 2.05) is 0 Å². The molecule has 0 saturated carbocycles. The largest absolute Gasteiger partial charge is 0.418 e. The lowest BCUT2D eigenvalue weighted by Crippen LogP contribution is -2.09. The van der Waals surface area contributed by atoms with Crippen molar-refractivity contribution in [3.63, 3.8) is 0 Å². The molecule has 0 bridgehead atoms. The molecule has 2 N–H and O–H groups in total. The van der Waals surface area contributed by atoms with E-state index in [4.69, 9.17) is 5.73 Å². The van der Waals surface area contributed by atoms with Gasteiger partial charge in [-0.2, -0.15) is 13.2 Å². The Morgan fingerprint density at radius 3 is 2.56 bits per heavy atom. The molecule has 0 aliphatic heterocycles. The molecule has 1 nitrogen and oxygen atoms in total. The normalized spacial score (nSPS) is 10.8. The molecule has 0 fully saturated rings. The fourth-order valence-electron chi connectivity index (χ4n) is 1.09. The lowest BCUT2D eigenvalue weighted by atomic mass is 10.1. The average molecular weight is 292 g/mol. The van der Waals surface area contributed by atoms with E-state index in [1.54, 1.807) is 0 Å². The summed E-state index contributed by atoms with van der Waals surface area (Å²) in [5, 5.41) is 0.696. The monoisotopic (exact) mass is 291 g/mol. The van der Waals surface area contributed by atoms with Gasteiger partial charge >= 0.3 is 6.18 Å². The maximum absolute atomic E-state index is 12.5. The summed E-state index contributed by atoms with van der Waals surface area (Å²) in [6.45, 7) is 0. The highest BCUT2D eigenvalue weighted by atomic mass is 79.9. The molecule has 5 heteroatoms. The van der Waals surface area contributed by atoms with Gasteiger partial charge in [0.05, 0.1) is 5.56 Å². The molecule has 1 rings (SSSR count). The average Bonchev–Trinajstić information content (AvgIpc) is 2.19. The summed E-state index contributed by atoms with van der Waals surface area (Å²) in [5.41, 5.74) is 4.46. The van der Waals surface area contributed by atoms with Gasteiger partial charge in [0.15, 0.2) is 0 Å². The molecule has 0 heterocycles. The van der Waals surface area contributed by atoms with Crippen LogP contribution in [-0.4, -0.2) is 5.33 Å². The van der Waals surface area contributed by atoms with Crippen LogP contribution in [0, 0.1) is 11.8 Å². The van der Waals surface area contributed by atoms with Crippen LogP contribution in [0.5, 0.6) is 0 Å². The van der Waals surface area contributed by atoms with E-state index in [2.05, 4.69) is 27.8 Å². The topological polar surface area (TPSA) is 26.0 Å². The summed E-state index contributed by atoms with van der Waals surface area (Å²) in [4.78, 5) is 0. The van der Waals surface area contributed by atoms with Gasteiger partial charge in [-0.05, 0) is 18.2 Å². The van der Waals surface area contributed by atoms with Crippen LogP contribution in [0.15, 0.2) is 18.2 Å². The minimum atomic E-state index is -4.43. The Hall–Kier alpha value is -1.15. The van der Waals surface area contributed by atoms with Crippen LogP contribution in [0.4, 0.5) is 18.9 Å². The minimum Gasteiger partial charge on any atom is -0.398 e. The number of hydrogen-bond donors (Lipinski definition) is 1. The molecule has 0 aliphatic rings. The predicted octanol–water partition coefficient (Wildman–Crippen LogP) is 3.42. The Balaban J connectivity index is 3.05. The number of anilines is 1. The summed E-state index contributed by atoms with van der Waals surface area (Å²) < 4.78 is 37.4. The second-order valence-electron chi connectivity index (χ2n) is 3.04. The number of nitrogen functional groups attached to an aromatic ring is 1. The van der Waals surface area contributed by atoms with Gasteiger partial charge in [0.2, 0.25) is 0 Å². The SMILES string of the molecule is Nc1ccc(C#CCCBr)cc1C(F)(F)F. The van der Waals surface area contributed by atoms with Crippen LogP contribution >= 0.6 is 15.9 Å². The van der Waals surface area contributed by atoms with Gasteiger partial charge in [-0.15, -0.1) is 0 Å². The first-order valence-corrected chi connectivity index (χ1v) is 5.59. The zero-order valence-corrected chi connectivity index (χ0v) is 9.82. The van der Waals surface area contributed by atoms with Crippen molar-refractivity contribution in [2.24, 2.45) is 0 Å². The maximum atomic E-state index is 12.5. The van der Waals surface area contributed by atoms with Crippen LogP contribution < -0.4 is 5.73 Å². The molecule has 0 aromatic heterocycles. The minimum absolute atomic E-state index is 0.279. The van der Waals surface area contributed by atoms with Gasteiger partial charge in [-0.25, -0.2) is 0 Å². The highest BCUT2D eigenvalue weighted by molar-refractivity contribution is 9.09. The Kier molecular flexibility index (Phi) is 4.25. The van der Waals surface area contributed by atoms with Crippen LogP contribution in [0.3, 0.4) is 0 Å². The van der Waals surface area contributed by atoms with Gasteiger partial charge in [-0.3, -0.25) is 0 Å². The number of nitrogens with two attached hydrogens (primary N) is 1. The first-order valence-electron chi connectivity index (χ1n) is 4.46. The summed E-state index contributed by atoms with van der Waals surface area (Å²) in [6, 6.07) is 3.67. The summed E-state index contributed by atoms with van der Waals surface area (Å²) in [6.07, 6.45) is -3.84. The molecular weight excluding hydrogens is 283 g/mol. The molecule has 0 saturated heterocycles. The molecule has 0 amide bonds. The second kappa shape index (κ2) is 5.26. The molecule has 1 aromatic rings. The van der Waals surface area contributed by atoms with E-state index in [1.165, 1.54) is 12.1 Å². The van der Waals surface area contributed by atoms with E-state index >= 15 is 0 Å². The lowest BCUT2D eigenvalue weighted by molar-refractivity contribution is -0.136. The first kappa shape index (κ1) is 12.9. The number of halogens is 4. The molecule has 86 valence electrons. The van der Waals surface area contributed by atoms with E-state index < -0.39 is 11.7 Å². The highest BCUT2D eigenvalue weighted by Crippen LogP contribution is 2.33. The summed E-state index contributed by atoms with van der Waals surface area (Å²) in [7, 11) is 0. The quantitative estimate of drug-likeness (QED) is 0.479. The van der Waals surface area contributed by atoms with Gasteiger partial charge in [0.1, 0.15) is 0 Å². The first-order chi connectivity index (χ1) is 7.45. The van der Waals surface area contributed by atoms with Crippen LogP contribution in [0.25, 0.3) is 0 Å². The molecule has 0 atom stereocenters. The van der Waals surface area contributed by atoms with Gasteiger partial charge in [0.25, 0.3) is 0 Å². The fourth-order valence-corrected chi connectivity index (χ4v) is 1.29. The molecule has 0 aliphatic carbocycles. The molecule has 16 heavy (non-hydrogen) atoms. The van der Waals surface area contributed by atoms with E-state index in [9.17, 15) is 13.2 Å². The Labute approximate surface area is 100.0 Å². The third-order valence-electron chi connectivity index (χ3n) is 1.81. The van der Waals surface area contributed by atoms with Crippen molar-refractivity contribution >= 4 is 21.6 Å². The van der Waals surface area contributed by atoms with E-state index in [0.29, 0.717) is 17.3 Å². The van der Waals surface area contributed by atoms with Crippen molar-refractivity contribution in [1.82, 2.24) is 0 Å². The molecular formula is C11H9BrF3N. The zero-order valence-electron chi connectivity index (χ0n) is 8.24. The zero-order chi connectivity index (χ0) is 12.2. The van der Waals surface area contributed by atoms with Gasteiger partial charge in [0, 0.05) is 23.0 Å². The number of hydrogen-bond acceptors (Lipinski definition) is 1. The van der Waals surface area contributed by atoms with Gasteiger partial charge < -0.3 is 5.73 Å². The van der Waals surface area contributed by atoms with Crippen molar-refractivity contribution in [2.75, 3.05) is 11.1 Å². The van der Waals surface area contributed by atoms with Gasteiger partial charge in [-0.1, -0.05) is 27.8 Å². The van der Waals surface area contributed by atoms with Crippen molar-refractivity contribution in [3.05, 3.63) is 29.3 Å². The molecule has 1 aromatic carbocycles. The Bertz CT molecular complexity index is 429. The van der Waals surface area contributed by atoms with Crippen LogP contribution in [0.1, 0.15) is 17.5 Å². The summed E-state index contributed by atoms with van der Waals surface area (Å²) in [5.74, 6) is 5.39. The van der Waals surface area contributed by atoms with E-state index in [0.717, 1.165) is 6.07 Å². The third-order valence-corrected chi connectivity index (χ3v) is 2.21. The summed E-state index contributed by atoms with van der Waals surface area (Å²) >= 11 is 3.18. The third kappa shape index (κ3) is 3.46. The van der Waals surface area contributed by atoms with Crippen molar-refractivity contribution < 1.29 is 13.2 Å². The molecule has 0 radical (unpaired) electrons. The number of alkyl halides is 4. The molecule has 0 unspecified atom stereocenters. The van der Waals surface area contributed by atoms with Crippen molar-refractivity contribution in [2.45, 2.75) is 12.6 Å². The number of benzene rings is 1. The Morgan fingerprint density at radius 1 is 1.31 bits per heavy atom. The predicted molar refractivity (Wildman–Crippen MR) is 61.1 cm³/mol. The Morgan fingerprint density at radius 2 is 2.00 bits per heavy atom. The smallest absolute Gasteiger partial charge is 0.398 e. The lowest BCUT2D eigenvalue weighted by Gasteiger charge is -2.09. The van der Waals surface area contributed by atoms with Crippen LogP contribution in [-0.2, 0) is 6.18 Å². The van der Waals surface area contributed by atoms with Crippen molar-refractivity contribution in [1.29, 1.82) is 0 Å². The maximum Gasteiger partial charge on any atom is 0.418 e. The second-order valence-corrected chi connectivity index (χ2v) is 3.83.